The number of benzene rings is 2. The summed E-state index contributed by atoms with van der Waals surface area (Å²) in [4.78, 5) is 1.38. The first kappa shape index (κ1) is 11.2. The molecule has 1 heterocycles. The number of hydrogen-bond donors (Lipinski definition) is 0. The maximum absolute atomic E-state index is 2.46. The van der Waals surface area contributed by atoms with Crippen molar-refractivity contribution in [3.8, 4) is 10.4 Å². The molecule has 0 saturated heterocycles. The highest BCUT2D eigenvalue weighted by molar-refractivity contribution is 14.1. The third kappa shape index (κ3) is 2.00. The number of halogens is 1. The molecule has 1 aromatic heterocycles. The average Bonchev–Trinajstić information content (AvgIpc) is 2.68. The molecule has 0 saturated carbocycles. The largest absolute Gasteiger partial charge is 0.134 e. The van der Waals surface area contributed by atoms with Crippen LogP contribution in [0.1, 0.15) is 5.56 Å². The van der Waals surface area contributed by atoms with E-state index in [4.69, 9.17) is 0 Å². The third-order valence-corrected chi connectivity index (χ3v) is 5.52. The summed E-state index contributed by atoms with van der Waals surface area (Å²) < 4.78 is 2.74. The molecule has 2 heteroatoms. The van der Waals surface area contributed by atoms with Crippen LogP contribution in [0.3, 0.4) is 0 Å². The summed E-state index contributed by atoms with van der Waals surface area (Å²) >= 11 is 4.34. The van der Waals surface area contributed by atoms with Crippen LogP contribution in [0.4, 0.5) is 0 Å². The fraction of sp³-hybridized carbons (Fsp3) is 0.0667. The van der Waals surface area contributed by atoms with Crippen LogP contribution in [0.15, 0.2) is 48.5 Å². The molecule has 17 heavy (non-hydrogen) atoms. The van der Waals surface area contributed by atoms with E-state index in [1.165, 1.54) is 29.7 Å². The summed E-state index contributed by atoms with van der Waals surface area (Å²) in [7, 11) is 0. The lowest BCUT2D eigenvalue weighted by molar-refractivity contribution is 1.48. The second-order valence-corrected chi connectivity index (χ2v) is 6.24. The second kappa shape index (κ2) is 4.42. The summed E-state index contributed by atoms with van der Waals surface area (Å²) in [5.74, 6) is 0. The predicted octanol–water partition coefficient (Wildman–Crippen LogP) is 5.48. The SMILES string of the molecule is Cc1cccc(-c2sc3ccccc3c2I)c1. The van der Waals surface area contributed by atoms with Gasteiger partial charge in [-0.15, -0.1) is 11.3 Å². The number of rotatable bonds is 1. The Morgan fingerprint density at radius 2 is 1.82 bits per heavy atom. The fourth-order valence-corrected chi connectivity index (χ4v) is 4.37. The van der Waals surface area contributed by atoms with Crippen LogP contribution in [0.2, 0.25) is 0 Å². The highest BCUT2D eigenvalue weighted by atomic mass is 127. The Morgan fingerprint density at radius 1 is 1.00 bits per heavy atom. The van der Waals surface area contributed by atoms with E-state index < -0.39 is 0 Å². The molecule has 0 spiro atoms. The number of fused-ring (bicyclic) bond motifs is 1. The lowest BCUT2D eigenvalue weighted by atomic mass is 10.1. The molecule has 0 nitrogen and oxygen atoms in total. The van der Waals surface area contributed by atoms with Crippen molar-refractivity contribution in [2.75, 3.05) is 0 Å². The first-order chi connectivity index (χ1) is 8.25. The van der Waals surface area contributed by atoms with Crippen molar-refractivity contribution in [1.82, 2.24) is 0 Å². The van der Waals surface area contributed by atoms with Crippen molar-refractivity contribution in [3.05, 3.63) is 57.7 Å². The molecule has 0 bridgehead atoms. The Bertz CT molecular complexity index is 682. The average molecular weight is 350 g/mol. The molecular formula is C15H11IS. The first-order valence-corrected chi connectivity index (χ1v) is 7.39. The maximum Gasteiger partial charge on any atom is 0.0489 e. The number of aryl methyl sites for hydroxylation is 1. The van der Waals surface area contributed by atoms with Crippen molar-refractivity contribution >= 4 is 44.0 Å². The van der Waals surface area contributed by atoms with Gasteiger partial charge in [-0.25, -0.2) is 0 Å². The highest BCUT2D eigenvalue weighted by Gasteiger charge is 2.10. The van der Waals surface area contributed by atoms with Gasteiger partial charge in [0.05, 0.1) is 0 Å². The zero-order chi connectivity index (χ0) is 11.8. The van der Waals surface area contributed by atoms with Gasteiger partial charge in [-0.1, -0.05) is 48.0 Å². The van der Waals surface area contributed by atoms with Gasteiger partial charge < -0.3 is 0 Å². The van der Waals surface area contributed by atoms with E-state index in [0.717, 1.165) is 0 Å². The zero-order valence-corrected chi connectivity index (χ0v) is 12.4. The van der Waals surface area contributed by atoms with Gasteiger partial charge in [-0.05, 0) is 41.1 Å². The van der Waals surface area contributed by atoms with Crippen molar-refractivity contribution in [2.45, 2.75) is 6.92 Å². The summed E-state index contributed by atoms with van der Waals surface area (Å²) in [5.41, 5.74) is 2.64. The zero-order valence-electron chi connectivity index (χ0n) is 9.41. The van der Waals surface area contributed by atoms with Gasteiger partial charge >= 0.3 is 0 Å². The smallest absolute Gasteiger partial charge is 0.0489 e. The van der Waals surface area contributed by atoms with Gasteiger partial charge in [0.2, 0.25) is 0 Å². The molecule has 3 rings (SSSR count). The lowest BCUT2D eigenvalue weighted by Gasteiger charge is -2.00. The maximum atomic E-state index is 2.46. The normalized spacial score (nSPS) is 10.9. The van der Waals surface area contributed by atoms with Gasteiger partial charge in [0, 0.05) is 18.5 Å². The summed E-state index contributed by atoms with van der Waals surface area (Å²) in [6.45, 7) is 2.14. The van der Waals surface area contributed by atoms with E-state index in [9.17, 15) is 0 Å². The second-order valence-electron chi connectivity index (χ2n) is 4.11. The molecular weight excluding hydrogens is 339 g/mol. The van der Waals surface area contributed by atoms with Gasteiger partial charge in [0.1, 0.15) is 0 Å². The molecule has 0 aliphatic heterocycles. The van der Waals surface area contributed by atoms with Crippen LogP contribution < -0.4 is 0 Å². The van der Waals surface area contributed by atoms with Crippen LogP contribution in [0.25, 0.3) is 20.5 Å². The monoisotopic (exact) mass is 350 g/mol. The molecule has 2 aromatic carbocycles. The van der Waals surface area contributed by atoms with Gasteiger partial charge in [0.25, 0.3) is 0 Å². The highest BCUT2D eigenvalue weighted by Crippen LogP contribution is 2.39. The molecule has 84 valence electrons. The van der Waals surface area contributed by atoms with Crippen molar-refractivity contribution in [2.24, 2.45) is 0 Å². The van der Waals surface area contributed by atoms with E-state index in [1.807, 2.05) is 11.3 Å². The van der Waals surface area contributed by atoms with E-state index in [2.05, 4.69) is 78.0 Å². The summed E-state index contributed by atoms with van der Waals surface area (Å²) in [6.07, 6.45) is 0. The fourth-order valence-electron chi connectivity index (χ4n) is 1.99. The van der Waals surface area contributed by atoms with Crippen LogP contribution in [0.5, 0.6) is 0 Å². The summed E-state index contributed by atoms with van der Waals surface area (Å²) in [5, 5.41) is 1.37. The van der Waals surface area contributed by atoms with E-state index in [1.54, 1.807) is 0 Å². The van der Waals surface area contributed by atoms with Crippen molar-refractivity contribution < 1.29 is 0 Å². The minimum absolute atomic E-state index is 1.32. The molecule has 3 aromatic rings. The molecule has 0 aliphatic rings. The van der Waals surface area contributed by atoms with Gasteiger partial charge in [0.15, 0.2) is 0 Å². The topological polar surface area (TPSA) is 0 Å². The van der Waals surface area contributed by atoms with Crippen molar-refractivity contribution in [1.29, 1.82) is 0 Å². The Morgan fingerprint density at radius 3 is 2.59 bits per heavy atom. The lowest BCUT2D eigenvalue weighted by Crippen LogP contribution is -1.77. The molecule has 0 amide bonds. The Kier molecular flexibility index (Phi) is 2.92. The Hall–Kier alpha value is -0.870. The first-order valence-electron chi connectivity index (χ1n) is 5.50. The van der Waals surface area contributed by atoms with Crippen LogP contribution in [0, 0.1) is 10.5 Å². The standard InChI is InChI=1S/C15H11IS/c1-10-5-4-6-11(9-10)15-14(16)12-7-2-3-8-13(12)17-15/h2-9H,1H3. The number of hydrogen-bond acceptors (Lipinski definition) is 1. The molecule has 0 aliphatic carbocycles. The molecule has 0 atom stereocenters. The molecule has 0 N–H and O–H groups in total. The molecule has 0 fully saturated rings. The van der Waals surface area contributed by atoms with Crippen molar-refractivity contribution in [3.63, 3.8) is 0 Å². The third-order valence-electron chi connectivity index (χ3n) is 2.82. The van der Waals surface area contributed by atoms with Crippen LogP contribution in [-0.2, 0) is 0 Å². The van der Waals surface area contributed by atoms with E-state index in [0.29, 0.717) is 0 Å². The van der Waals surface area contributed by atoms with Crippen LogP contribution >= 0.6 is 33.9 Å². The quantitative estimate of drug-likeness (QED) is 0.510. The molecule has 0 unspecified atom stereocenters. The Balaban J connectivity index is 2.27. The van der Waals surface area contributed by atoms with E-state index in [-0.39, 0.29) is 0 Å². The van der Waals surface area contributed by atoms with Crippen LogP contribution in [-0.4, -0.2) is 0 Å². The molecule has 0 radical (unpaired) electrons. The van der Waals surface area contributed by atoms with Gasteiger partial charge in [-0.3, -0.25) is 0 Å². The van der Waals surface area contributed by atoms with E-state index >= 15 is 0 Å². The summed E-state index contributed by atoms with van der Waals surface area (Å²) in [6, 6.07) is 17.3. The minimum Gasteiger partial charge on any atom is -0.134 e. The Labute approximate surface area is 118 Å². The number of thiophene rings is 1. The minimum atomic E-state index is 1.32. The van der Waals surface area contributed by atoms with Gasteiger partial charge in [-0.2, -0.15) is 0 Å². The predicted molar refractivity (Wildman–Crippen MR) is 84.7 cm³/mol.